The van der Waals surface area contributed by atoms with Gasteiger partial charge in [-0.25, -0.2) is 0 Å². The number of hydrogen-bond acceptors (Lipinski definition) is 4. The number of hydrogen-bond donors (Lipinski definition) is 3. The Labute approximate surface area is 153 Å². The maximum atomic E-state index is 12.5. The molecule has 0 aliphatic carbocycles. The van der Waals surface area contributed by atoms with Crippen LogP contribution in [-0.2, 0) is 28.7 Å². The minimum absolute atomic E-state index is 0.0191. The van der Waals surface area contributed by atoms with Gasteiger partial charge in [0.2, 0.25) is 11.8 Å². The third kappa shape index (κ3) is 6.37. The SMILES string of the molecule is O=C(Cc1ccncc1)NC(CO)C(=O)NCc1ccc(C(F)(F)F)cc1. The summed E-state index contributed by atoms with van der Waals surface area (Å²) in [5, 5.41) is 14.2. The van der Waals surface area contributed by atoms with E-state index in [4.69, 9.17) is 0 Å². The second-order valence-corrected chi connectivity index (χ2v) is 5.75. The topological polar surface area (TPSA) is 91.3 Å². The Morgan fingerprint density at radius 1 is 1.04 bits per heavy atom. The third-order valence-electron chi connectivity index (χ3n) is 3.70. The van der Waals surface area contributed by atoms with Gasteiger partial charge in [0, 0.05) is 18.9 Å². The van der Waals surface area contributed by atoms with Crippen LogP contribution in [0.15, 0.2) is 48.8 Å². The van der Waals surface area contributed by atoms with Crippen LogP contribution in [0.4, 0.5) is 13.2 Å². The van der Waals surface area contributed by atoms with Crippen LogP contribution in [-0.4, -0.2) is 34.6 Å². The lowest BCUT2D eigenvalue weighted by molar-refractivity contribution is -0.137. The van der Waals surface area contributed by atoms with Crippen LogP contribution in [0, 0.1) is 0 Å². The number of carbonyl (C=O) groups is 2. The van der Waals surface area contributed by atoms with Crippen molar-refractivity contribution in [1.82, 2.24) is 15.6 Å². The number of halogens is 3. The third-order valence-corrected chi connectivity index (χ3v) is 3.70. The Hall–Kier alpha value is -2.94. The predicted octanol–water partition coefficient (Wildman–Crippen LogP) is 1.44. The highest BCUT2D eigenvalue weighted by molar-refractivity contribution is 5.88. The fraction of sp³-hybridized carbons (Fsp3) is 0.278. The molecule has 2 aromatic rings. The first-order valence-electron chi connectivity index (χ1n) is 8.02. The Balaban J connectivity index is 1.86. The molecule has 0 bridgehead atoms. The molecule has 1 heterocycles. The molecule has 0 radical (unpaired) electrons. The van der Waals surface area contributed by atoms with E-state index in [2.05, 4.69) is 15.6 Å². The summed E-state index contributed by atoms with van der Waals surface area (Å²) in [5.74, 6) is -1.09. The van der Waals surface area contributed by atoms with Gasteiger partial charge < -0.3 is 15.7 Å². The largest absolute Gasteiger partial charge is 0.416 e. The van der Waals surface area contributed by atoms with Gasteiger partial charge in [-0.05, 0) is 35.4 Å². The molecule has 27 heavy (non-hydrogen) atoms. The van der Waals surface area contributed by atoms with Crippen LogP contribution in [0.25, 0.3) is 0 Å². The summed E-state index contributed by atoms with van der Waals surface area (Å²) in [6.45, 7) is -0.644. The van der Waals surface area contributed by atoms with Gasteiger partial charge in [0.1, 0.15) is 6.04 Å². The molecule has 0 fully saturated rings. The van der Waals surface area contributed by atoms with E-state index in [1.54, 1.807) is 12.1 Å². The quantitative estimate of drug-likeness (QED) is 0.677. The van der Waals surface area contributed by atoms with E-state index < -0.39 is 36.2 Å². The van der Waals surface area contributed by atoms with Crippen LogP contribution >= 0.6 is 0 Å². The van der Waals surface area contributed by atoms with E-state index in [1.807, 2.05) is 0 Å². The van der Waals surface area contributed by atoms with Crippen molar-refractivity contribution in [1.29, 1.82) is 0 Å². The lowest BCUT2D eigenvalue weighted by atomic mass is 10.1. The zero-order valence-electron chi connectivity index (χ0n) is 14.2. The van der Waals surface area contributed by atoms with E-state index in [0.29, 0.717) is 11.1 Å². The first kappa shape index (κ1) is 20.4. The summed E-state index contributed by atoms with van der Waals surface area (Å²) >= 11 is 0. The van der Waals surface area contributed by atoms with E-state index >= 15 is 0 Å². The molecule has 144 valence electrons. The molecule has 1 unspecified atom stereocenters. The number of pyridine rings is 1. The molecule has 9 heteroatoms. The highest BCUT2D eigenvalue weighted by atomic mass is 19.4. The molecule has 6 nitrogen and oxygen atoms in total. The Morgan fingerprint density at radius 2 is 1.67 bits per heavy atom. The maximum absolute atomic E-state index is 12.5. The number of nitrogens with one attached hydrogen (secondary N) is 2. The average molecular weight is 381 g/mol. The second kappa shape index (κ2) is 9.13. The fourth-order valence-electron chi connectivity index (χ4n) is 2.25. The summed E-state index contributed by atoms with van der Waals surface area (Å²) in [5.41, 5.74) is 0.370. The molecule has 1 atom stereocenters. The number of benzene rings is 1. The van der Waals surface area contributed by atoms with Crippen LogP contribution < -0.4 is 10.6 Å². The van der Waals surface area contributed by atoms with Gasteiger partial charge in [-0.2, -0.15) is 13.2 Å². The number of nitrogens with zero attached hydrogens (tertiary/aromatic N) is 1. The normalized spacial score (nSPS) is 12.3. The highest BCUT2D eigenvalue weighted by Crippen LogP contribution is 2.29. The minimum Gasteiger partial charge on any atom is -0.394 e. The van der Waals surface area contributed by atoms with Gasteiger partial charge in [-0.15, -0.1) is 0 Å². The van der Waals surface area contributed by atoms with Crippen molar-refractivity contribution in [3.05, 3.63) is 65.5 Å². The molecule has 2 rings (SSSR count). The summed E-state index contributed by atoms with van der Waals surface area (Å²) in [6.07, 6.45) is -1.35. The smallest absolute Gasteiger partial charge is 0.394 e. The summed E-state index contributed by atoms with van der Waals surface area (Å²) in [6, 6.07) is 6.48. The van der Waals surface area contributed by atoms with E-state index in [9.17, 15) is 27.9 Å². The van der Waals surface area contributed by atoms with Crippen LogP contribution in [0.5, 0.6) is 0 Å². The van der Waals surface area contributed by atoms with Gasteiger partial charge in [-0.3, -0.25) is 14.6 Å². The van der Waals surface area contributed by atoms with E-state index in [0.717, 1.165) is 12.1 Å². The molecule has 0 aliphatic heterocycles. The molecule has 0 saturated carbocycles. The van der Waals surface area contributed by atoms with Crippen molar-refractivity contribution in [3.8, 4) is 0 Å². The monoisotopic (exact) mass is 381 g/mol. The molecule has 0 spiro atoms. The van der Waals surface area contributed by atoms with Gasteiger partial charge >= 0.3 is 6.18 Å². The maximum Gasteiger partial charge on any atom is 0.416 e. The molecule has 3 N–H and O–H groups in total. The van der Waals surface area contributed by atoms with Crippen molar-refractivity contribution in [3.63, 3.8) is 0 Å². The summed E-state index contributed by atoms with van der Waals surface area (Å²) < 4.78 is 37.6. The van der Waals surface area contributed by atoms with Crippen LogP contribution in [0.2, 0.25) is 0 Å². The second-order valence-electron chi connectivity index (χ2n) is 5.75. The molecular weight excluding hydrogens is 363 g/mol. The van der Waals surface area contributed by atoms with E-state index in [-0.39, 0.29) is 13.0 Å². The van der Waals surface area contributed by atoms with Crippen LogP contribution in [0.3, 0.4) is 0 Å². The van der Waals surface area contributed by atoms with Gasteiger partial charge in [-0.1, -0.05) is 12.1 Å². The number of alkyl halides is 3. The van der Waals surface area contributed by atoms with E-state index in [1.165, 1.54) is 24.5 Å². The lowest BCUT2D eigenvalue weighted by Crippen LogP contribution is -2.49. The van der Waals surface area contributed by atoms with Crippen molar-refractivity contribution >= 4 is 11.8 Å². The summed E-state index contributed by atoms with van der Waals surface area (Å²) in [4.78, 5) is 27.9. The number of rotatable bonds is 7. The van der Waals surface area contributed by atoms with Crippen molar-refractivity contribution in [2.45, 2.75) is 25.2 Å². The lowest BCUT2D eigenvalue weighted by Gasteiger charge is -2.16. The number of amides is 2. The molecule has 1 aromatic carbocycles. The predicted molar refractivity (Wildman–Crippen MR) is 90.2 cm³/mol. The first-order valence-corrected chi connectivity index (χ1v) is 8.02. The molecule has 0 aliphatic rings. The molecule has 2 amide bonds. The number of carbonyl (C=O) groups excluding carboxylic acids is 2. The van der Waals surface area contributed by atoms with Crippen molar-refractivity contribution in [2.75, 3.05) is 6.61 Å². The minimum atomic E-state index is -4.43. The molecular formula is C18H18F3N3O3. The fourth-order valence-corrected chi connectivity index (χ4v) is 2.25. The van der Waals surface area contributed by atoms with Crippen LogP contribution in [0.1, 0.15) is 16.7 Å². The Morgan fingerprint density at radius 3 is 2.22 bits per heavy atom. The zero-order chi connectivity index (χ0) is 19.9. The zero-order valence-corrected chi connectivity index (χ0v) is 14.2. The number of aromatic nitrogens is 1. The van der Waals surface area contributed by atoms with Gasteiger partial charge in [0.05, 0.1) is 18.6 Å². The molecule has 1 aromatic heterocycles. The number of aliphatic hydroxyl groups is 1. The van der Waals surface area contributed by atoms with Crippen molar-refractivity contribution < 1.29 is 27.9 Å². The Bertz CT molecular complexity index is 765. The number of aliphatic hydroxyl groups excluding tert-OH is 1. The van der Waals surface area contributed by atoms with Gasteiger partial charge in [0.25, 0.3) is 0 Å². The average Bonchev–Trinajstić information content (AvgIpc) is 2.64. The first-order chi connectivity index (χ1) is 12.8. The standard InChI is InChI=1S/C18H18F3N3O3/c19-18(20,21)14-3-1-13(2-4-14)10-23-17(27)15(11-25)24-16(26)9-12-5-7-22-8-6-12/h1-8,15,25H,9-11H2,(H,23,27)(H,24,26). The summed E-state index contributed by atoms with van der Waals surface area (Å²) in [7, 11) is 0. The van der Waals surface area contributed by atoms with Crippen molar-refractivity contribution in [2.24, 2.45) is 0 Å². The Kier molecular flexibility index (Phi) is 6.89. The van der Waals surface area contributed by atoms with Gasteiger partial charge in [0.15, 0.2) is 0 Å². The molecule has 0 saturated heterocycles. The highest BCUT2D eigenvalue weighted by Gasteiger charge is 2.30.